The first kappa shape index (κ1) is 15.8. The lowest BCUT2D eigenvalue weighted by atomic mass is 10.0. The van der Waals surface area contributed by atoms with Crippen molar-refractivity contribution in [3.8, 4) is 0 Å². The van der Waals surface area contributed by atoms with Crippen LogP contribution in [0.15, 0.2) is 28.5 Å². The third-order valence-electron chi connectivity index (χ3n) is 3.32. The van der Waals surface area contributed by atoms with Crippen LogP contribution in [0.3, 0.4) is 0 Å². The van der Waals surface area contributed by atoms with Gasteiger partial charge in [0.15, 0.2) is 0 Å². The Kier molecular flexibility index (Phi) is 3.78. The van der Waals surface area contributed by atoms with Crippen molar-refractivity contribution in [3.63, 3.8) is 0 Å². The van der Waals surface area contributed by atoms with E-state index in [1.54, 1.807) is 12.3 Å². The number of primary sulfonamides is 1. The molecule has 0 saturated carbocycles. The number of benzene rings is 1. The van der Waals surface area contributed by atoms with Gasteiger partial charge >= 0.3 is 5.97 Å². The van der Waals surface area contributed by atoms with E-state index in [0.29, 0.717) is 16.8 Å². The van der Waals surface area contributed by atoms with Gasteiger partial charge in [0, 0.05) is 11.0 Å². The number of cyclic esters (lactones) is 1. The Morgan fingerprint density at radius 2 is 2.13 bits per heavy atom. The van der Waals surface area contributed by atoms with E-state index >= 15 is 0 Å². The molecule has 2 N–H and O–H groups in total. The molecule has 2 aromatic rings. The molecular formula is C14H11FN2O4S2. The van der Waals surface area contributed by atoms with Crippen molar-refractivity contribution in [2.45, 2.75) is 11.8 Å². The number of aromatic nitrogens is 1. The maximum absolute atomic E-state index is 14.0. The molecule has 0 unspecified atom stereocenters. The molecule has 0 aliphatic carbocycles. The van der Waals surface area contributed by atoms with Crippen LogP contribution in [0.2, 0.25) is 0 Å². The standard InChI is InChI=1S/C14H11FN2O4S2/c1-7-17-11(6-22-7)13-9(5-21-14(13)18)8-2-3-12(10(15)4-8)23(16,19)20/h2-4,6H,5H2,1H3,(H2,16,19,20). The molecule has 6 nitrogen and oxygen atoms in total. The summed E-state index contributed by atoms with van der Waals surface area (Å²) in [6.45, 7) is 1.77. The topological polar surface area (TPSA) is 99.3 Å². The molecule has 1 aliphatic rings. The number of sulfonamides is 1. The first-order valence-corrected chi connectivity index (χ1v) is 8.85. The third kappa shape index (κ3) is 2.90. The summed E-state index contributed by atoms with van der Waals surface area (Å²) in [4.78, 5) is 15.6. The molecule has 1 aromatic carbocycles. The van der Waals surface area contributed by atoms with Crippen molar-refractivity contribution < 1.29 is 22.3 Å². The lowest BCUT2D eigenvalue weighted by molar-refractivity contribution is -0.133. The van der Waals surface area contributed by atoms with Crippen LogP contribution in [0.4, 0.5) is 4.39 Å². The number of nitrogens with two attached hydrogens (primary N) is 1. The van der Waals surface area contributed by atoms with Crippen LogP contribution < -0.4 is 5.14 Å². The van der Waals surface area contributed by atoms with Crippen molar-refractivity contribution in [3.05, 3.63) is 45.7 Å². The van der Waals surface area contributed by atoms with E-state index in [1.807, 2.05) is 0 Å². The van der Waals surface area contributed by atoms with Crippen LogP contribution in [0.25, 0.3) is 11.1 Å². The molecule has 120 valence electrons. The summed E-state index contributed by atoms with van der Waals surface area (Å²) >= 11 is 1.38. The Balaban J connectivity index is 2.14. The van der Waals surface area contributed by atoms with Gasteiger partial charge in [-0.15, -0.1) is 11.3 Å². The van der Waals surface area contributed by atoms with Crippen molar-refractivity contribution in [1.82, 2.24) is 4.98 Å². The number of thiazole rings is 1. The predicted molar refractivity (Wildman–Crippen MR) is 82.4 cm³/mol. The molecule has 0 radical (unpaired) electrons. The van der Waals surface area contributed by atoms with Gasteiger partial charge in [-0.2, -0.15) is 0 Å². The molecule has 0 saturated heterocycles. The van der Waals surface area contributed by atoms with E-state index in [-0.39, 0.29) is 12.2 Å². The van der Waals surface area contributed by atoms with Crippen molar-refractivity contribution in [1.29, 1.82) is 0 Å². The first-order valence-electron chi connectivity index (χ1n) is 6.43. The molecule has 23 heavy (non-hydrogen) atoms. The second-order valence-corrected chi connectivity index (χ2v) is 7.46. The number of carbonyl (C=O) groups excluding carboxylic acids is 1. The van der Waals surface area contributed by atoms with Crippen LogP contribution in [0, 0.1) is 12.7 Å². The van der Waals surface area contributed by atoms with Crippen LogP contribution >= 0.6 is 11.3 Å². The zero-order valence-corrected chi connectivity index (χ0v) is 13.5. The van der Waals surface area contributed by atoms with Gasteiger partial charge in [-0.05, 0) is 24.6 Å². The van der Waals surface area contributed by atoms with Gasteiger partial charge in [0.25, 0.3) is 0 Å². The minimum Gasteiger partial charge on any atom is -0.457 e. The zero-order valence-electron chi connectivity index (χ0n) is 11.9. The van der Waals surface area contributed by atoms with Crippen molar-refractivity contribution in [2.24, 2.45) is 5.14 Å². The maximum atomic E-state index is 14.0. The number of nitrogens with zero attached hydrogens (tertiary/aromatic N) is 1. The lowest BCUT2D eigenvalue weighted by Crippen LogP contribution is -2.14. The summed E-state index contributed by atoms with van der Waals surface area (Å²) in [5.41, 5.74) is 1.53. The maximum Gasteiger partial charge on any atom is 0.341 e. The monoisotopic (exact) mass is 354 g/mol. The van der Waals surface area contributed by atoms with E-state index in [0.717, 1.165) is 17.1 Å². The molecule has 9 heteroatoms. The number of hydrogen-bond acceptors (Lipinski definition) is 6. The first-order chi connectivity index (χ1) is 10.8. The molecule has 2 heterocycles. The molecule has 0 bridgehead atoms. The van der Waals surface area contributed by atoms with E-state index in [2.05, 4.69) is 4.98 Å². The Morgan fingerprint density at radius 3 is 2.70 bits per heavy atom. The Bertz CT molecular complexity index is 947. The number of esters is 1. The minimum absolute atomic E-state index is 0.0289. The molecule has 0 fully saturated rings. The van der Waals surface area contributed by atoms with Crippen molar-refractivity contribution >= 4 is 38.5 Å². The molecule has 1 aromatic heterocycles. The number of aryl methyl sites for hydroxylation is 1. The second kappa shape index (κ2) is 5.52. The predicted octanol–water partition coefficient (Wildman–Crippen LogP) is 1.71. The summed E-state index contributed by atoms with van der Waals surface area (Å²) in [5.74, 6) is -1.52. The Hall–Kier alpha value is -2.10. The van der Waals surface area contributed by atoms with Gasteiger partial charge in [0.2, 0.25) is 10.0 Å². The van der Waals surface area contributed by atoms with Gasteiger partial charge in [-0.25, -0.2) is 27.7 Å². The van der Waals surface area contributed by atoms with Gasteiger partial charge in [0.1, 0.15) is 17.3 Å². The fraction of sp³-hybridized carbons (Fsp3) is 0.143. The summed E-state index contributed by atoms with van der Waals surface area (Å²) in [5, 5.41) is 7.43. The molecule has 0 atom stereocenters. The summed E-state index contributed by atoms with van der Waals surface area (Å²) in [6, 6.07) is 3.48. The average Bonchev–Trinajstić information content (AvgIpc) is 3.03. The lowest BCUT2D eigenvalue weighted by Gasteiger charge is -2.06. The summed E-state index contributed by atoms with van der Waals surface area (Å²) < 4.78 is 41.6. The van der Waals surface area contributed by atoms with Crippen LogP contribution in [0.1, 0.15) is 16.3 Å². The SMILES string of the molecule is Cc1nc(C2=C(c3ccc(S(N)(=O)=O)c(F)c3)COC2=O)cs1. The zero-order chi connectivity index (χ0) is 16.8. The highest BCUT2D eigenvalue weighted by atomic mass is 32.2. The summed E-state index contributed by atoms with van der Waals surface area (Å²) in [7, 11) is -4.15. The van der Waals surface area contributed by atoms with E-state index < -0.39 is 26.7 Å². The fourth-order valence-corrected chi connectivity index (χ4v) is 3.48. The second-order valence-electron chi connectivity index (χ2n) is 4.87. The molecule has 0 spiro atoms. The highest BCUT2D eigenvalue weighted by molar-refractivity contribution is 7.89. The van der Waals surface area contributed by atoms with E-state index in [9.17, 15) is 17.6 Å². The van der Waals surface area contributed by atoms with Crippen LogP contribution in [-0.2, 0) is 19.6 Å². The minimum atomic E-state index is -4.15. The molecular weight excluding hydrogens is 343 g/mol. The third-order valence-corrected chi connectivity index (χ3v) is 5.03. The number of ether oxygens (including phenoxy) is 1. The Labute approximate surface area is 135 Å². The van der Waals surface area contributed by atoms with Gasteiger partial charge in [0.05, 0.1) is 16.3 Å². The average molecular weight is 354 g/mol. The number of carbonyl (C=O) groups is 1. The molecule has 3 rings (SSSR count). The van der Waals surface area contributed by atoms with E-state index in [4.69, 9.17) is 9.88 Å². The molecule has 0 amide bonds. The molecule has 1 aliphatic heterocycles. The van der Waals surface area contributed by atoms with E-state index in [1.165, 1.54) is 17.4 Å². The highest BCUT2D eigenvalue weighted by Gasteiger charge is 2.29. The normalized spacial score (nSPS) is 15.2. The Morgan fingerprint density at radius 1 is 1.39 bits per heavy atom. The van der Waals surface area contributed by atoms with Gasteiger partial charge < -0.3 is 4.74 Å². The quantitative estimate of drug-likeness (QED) is 0.846. The van der Waals surface area contributed by atoms with Crippen LogP contribution in [0.5, 0.6) is 0 Å². The van der Waals surface area contributed by atoms with Gasteiger partial charge in [-0.3, -0.25) is 0 Å². The summed E-state index contributed by atoms with van der Waals surface area (Å²) in [6.07, 6.45) is 0. The smallest absolute Gasteiger partial charge is 0.341 e. The number of hydrogen-bond donors (Lipinski definition) is 1. The number of halogens is 1. The van der Waals surface area contributed by atoms with Gasteiger partial charge in [-0.1, -0.05) is 6.07 Å². The van der Waals surface area contributed by atoms with Crippen molar-refractivity contribution in [2.75, 3.05) is 6.61 Å². The highest BCUT2D eigenvalue weighted by Crippen LogP contribution is 2.34. The largest absolute Gasteiger partial charge is 0.457 e. The van der Waals surface area contributed by atoms with Crippen LogP contribution in [-0.4, -0.2) is 26.0 Å². The number of rotatable bonds is 3. The fourth-order valence-electron chi connectivity index (χ4n) is 2.29.